The average molecular weight is 291 g/mol. The van der Waals surface area contributed by atoms with Gasteiger partial charge in [0.05, 0.1) is 0 Å². The monoisotopic (exact) mass is 291 g/mol. The molecular weight excluding hydrogens is 265 g/mol. The third-order valence-electron chi connectivity index (χ3n) is 4.63. The van der Waals surface area contributed by atoms with Gasteiger partial charge in [-0.15, -0.1) is 0 Å². The third-order valence-corrected chi connectivity index (χ3v) is 4.63. The van der Waals surface area contributed by atoms with Gasteiger partial charge in [0.15, 0.2) is 11.6 Å². The van der Waals surface area contributed by atoms with Crippen molar-refractivity contribution in [2.45, 2.75) is 70.5 Å². The van der Waals surface area contributed by atoms with Crippen molar-refractivity contribution in [3.05, 3.63) is 23.6 Å². The molecule has 1 N–H and O–H groups in total. The van der Waals surface area contributed by atoms with Crippen LogP contribution in [0.5, 0.6) is 0 Å². The first-order valence-corrected chi connectivity index (χ1v) is 8.43. The van der Waals surface area contributed by atoms with Gasteiger partial charge in [0, 0.05) is 36.9 Å². The second-order valence-electron chi connectivity index (χ2n) is 6.39. The molecule has 0 radical (unpaired) electrons. The Kier molecular flexibility index (Phi) is 4.73. The van der Waals surface area contributed by atoms with Gasteiger partial charge in [0.2, 0.25) is 0 Å². The van der Waals surface area contributed by atoms with Crippen LogP contribution >= 0.6 is 0 Å². The fourth-order valence-electron chi connectivity index (χ4n) is 3.26. The van der Waals surface area contributed by atoms with E-state index in [9.17, 15) is 4.39 Å². The highest BCUT2D eigenvalue weighted by Gasteiger charge is 2.26. The zero-order valence-electron chi connectivity index (χ0n) is 12.9. The van der Waals surface area contributed by atoms with Crippen molar-refractivity contribution in [1.82, 2.24) is 10.3 Å². The maximum absolute atomic E-state index is 14.8. The van der Waals surface area contributed by atoms with Crippen LogP contribution < -0.4 is 10.2 Å². The summed E-state index contributed by atoms with van der Waals surface area (Å²) in [4.78, 5) is 6.57. The summed E-state index contributed by atoms with van der Waals surface area (Å²) in [5.74, 6) is 0.455. The number of nitrogens with zero attached hydrogens (tertiary/aromatic N) is 2. The van der Waals surface area contributed by atoms with E-state index in [-0.39, 0.29) is 5.82 Å². The quantitative estimate of drug-likeness (QED) is 0.867. The topological polar surface area (TPSA) is 28.2 Å². The van der Waals surface area contributed by atoms with Crippen molar-refractivity contribution in [3.8, 4) is 0 Å². The smallest absolute Gasteiger partial charge is 0.170 e. The van der Waals surface area contributed by atoms with Crippen LogP contribution in [0.2, 0.25) is 0 Å². The van der Waals surface area contributed by atoms with Crippen LogP contribution in [0.15, 0.2) is 12.3 Å². The summed E-state index contributed by atoms with van der Waals surface area (Å²) in [6.45, 7) is 3.76. The number of nitrogens with one attached hydrogen (secondary N) is 1. The molecule has 2 heterocycles. The van der Waals surface area contributed by atoms with Crippen molar-refractivity contribution < 1.29 is 4.39 Å². The summed E-state index contributed by atoms with van der Waals surface area (Å²) in [6, 6.07) is 2.87. The molecule has 0 bridgehead atoms. The Balaban J connectivity index is 1.77. The van der Waals surface area contributed by atoms with E-state index >= 15 is 0 Å². The van der Waals surface area contributed by atoms with Gasteiger partial charge in [-0.25, -0.2) is 9.37 Å². The second kappa shape index (κ2) is 6.73. The lowest BCUT2D eigenvalue weighted by Crippen LogP contribution is -2.40. The SMILES string of the molecule is CCCC1CCCCN1c1nccc(CNC2CC2)c1F. The van der Waals surface area contributed by atoms with E-state index < -0.39 is 0 Å². The number of halogens is 1. The fraction of sp³-hybridized carbons (Fsp3) is 0.706. The molecule has 1 atom stereocenters. The zero-order valence-corrected chi connectivity index (χ0v) is 12.9. The van der Waals surface area contributed by atoms with Gasteiger partial charge in [-0.05, 0) is 44.6 Å². The first-order chi connectivity index (χ1) is 10.3. The van der Waals surface area contributed by atoms with Crippen LogP contribution in [0, 0.1) is 5.82 Å². The molecule has 0 amide bonds. The molecule has 3 nitrogen and oxygen atoms in total. The lowest BCUT2D eigenvalue weighted by atomic mass is 9.98. The summed E-state index contributed by atoms with van der Waals surface area (Å²) >= 11 is 0. The molecule has 116 valence electrons. The molecule has 4 heteroatoms. The lowest BCUT2D eigenvalue weighted by Gasteiger charge is -2.37. The van der Waals surface area contributed by atoms with Gasteiger partial charge in [-0.1, -0.05) is 13.3 Å². The van der Waals surface area contributed by atoms with Crippen molar-refractivity contribution >= 4 is 5.82 Å². The largest absolute Gasteiger partial charge is 0.351 e. The highest BCUT2D eigenvalue weighted by molar-refractivity contribution is 5.44. The maximum atomic E-state index is 14.8. The van der Waals surface area contributed by atoms with Gasteiger partial charge in [0.25, 0.3) is 0 Å². The first-order valence-electron chi connectivity index (χ1n) is 8.43. The Morgan fingerprint density at radius 2 is 2.19 bits per heavy atom. The summed E-state index contributed by atoms with van der Waals surface area (Å²) in [6.07, 6.45) is 10.1. The minimum absolute atomic E-state index is 0.117. The van der Waals surface area contributed by atoms with Crippen molar-refractivity contribution in [3.63, 3.8) is 0 Å². The molecule has 0 aromatic carbocycles. The minimum atomic E-state index is -0.117. The zero-order chi connectivity index (χ0) is 14.7. The summed E-state index contributed by atoms with van der Waals surface area (Å²) < 4.78 is 14.8. The molecule has 2 aliphatic rings. The van der Waals surface area contributed by atoms with Crippen LogP contribution in [0.1, 0.15) is 57.4 Å². The molecule has 1 aliphatic carbocycles. The van der Waals surface area contributed by atoms with Crippen LogP contribution in [-0.2, 0) is 6.54 Å². The molecule has 1 unspecified atom stereocenters. The third kappa shape index (κ3) is 3.54. The molecule has 1 aliphatic heterocycles. The molecule has 0 spiro atoms. The lowest BCUT2D eigenvalue weighted by molar-refractivity contribution is 0.424. The van der Waals surface area contributed by atoms with E-state index in [0.29, 0.717) is 24.4 Å². The predicted octanol–water partition coefficient (Wildman–Crippen LogP) is 3.63. The van der Waals surface area contributed by atoms with Gasteiger partial charge in [0.1, 0.15) is 0 Å². The van der Waals surface area contributed by atoms with E-state index in [4.69, 9.17) is 0 Å². The summed E-state index contributed by atoms with van der Waals surface area (Å²) in [5.41, 5.74) is 0.757. The molecule has 1 aromatic heterocycles. The minimum Gasteiger partial charge on any atom is -0.351 e. The Bertz CT molecular complexity index is 471. The molecule has 21 heavy (non-hydrogen) atoms. The Hall–Kier alpha value is -1.16. The van der Waals surface area contributed by atoms with E-state index in [0.717, 1.165) is 31.4 Å². The van der Waals surface area contributed by atoms with Crippen molar-refractivity contribution in [2.75, 3.05) is 11.4 Å². The van der Waals surface area contributed by atoms with Crippen molar-refractivity contribution in [2.24, 2.45) is 0 Å². The van der Waals surface area contributed by atoms with E-state index in [2.05, 4.69) is 22.1 Å². The Morgan fingerprint density at radius 3 is 2.95 bits per heavy atom. The number of hydrogen-bond acceptors (Lipinski definition) is 3. The molecule has 3 rings (SSSR count). The molecular formula is C17H26FN3. The highest BCUT2D eigenvalue weighted by Crippen LogP contribution is 2.29. The Morgan fingerprint density at radius 1 is 1.33 bits per heavy atom. The maximum Gasteiger partial charge on any atom is 0.170 e. The van der Waals surface area contributed by atoms with E-state index in [1.807, 2.05) is 6.07 Å². The van der Waals surface area contributed by atoms with Gasteiger partial charge in [-0.3, -0.25) is 0 Å². The van der Waals surface area contributed by atoms with Gasteiger partial charge < -0.3 is 10.2 Å². The standard InChI is InChI=1S/C17H26FN3/c1-2-5-15-6-3-4-11-21(15)17-16(18)13(9-10-19-17)12-20-14-7-8-14/h9-10,14-15,20H,2-8,11-12H2,1H3. The Labute approximate surface area is 126 Å². The summed E-state index contributed by atoms with van der Waals surface area (Å²) in [7, 11) is 0. The number of piperidine rings is 1. The average Bonchev–Trinajstić information content (AvgIpc) is 3.32. The molecule has 1 saturated heterocycles. The van der Waals surface area contributed by atoms with Crippen LogP contribution in [0.4, 0.5) is 10.2 Å². The predicted molar refractivity (Wildman–Crippen MR) is 83.9 cm³/mol. The number of aromatic nitrogens is 1. The normalized spacial score (nSPS) is 22.6. The fourth-order valence-corrected chi connectivity index (χ4v) is 3.26. The highest BCUT2D eigenvalue weighted by atomic mass is 19.1. The van der Waals surface area contributed by atoms with E-state index in [1.165, 1.54) is 25.7 Å². The van der Waals surface area contributed by atoms with Crippen LogP contribution in [-0.4, -0.2) is 23.6 Å². The molecule has 2 fully saturated rings. The number of anilines is 1. The van der Waals surface area contributed by atoms with Crippen LogP contribution in [0.3, 0.4) is 0 Å². The number of pyridine rings is 1. The number of rotatable bonds is 6. The number of hydrogen-bond donors (Lipinski definition) is 1. The molecule has 1 saturated carbocycles. The van der Waals surface area contributed by atoms with Gasteiger partial charge >= 0.3 is 0 Å². The summed E-state index contributed by atoms with van der Waals surface area (Å²) in [5, 5.41) is 3.39. The molecule has 1 aromatic rings. The first kappa shape index (κ1) is 14.8. The second-order valence-corrected chi connectivity index (χ2v) is 6.39. The van der Waals surface area contributed by atoms with Gasteiger partial charge in [-0.2, -0.15) is 0 Å². The van der Waals surface area contributed by atoms with Crippen LogP contribution in [0.25, 0.3) is 0 Å². The van der Waals surface area contributed by atoms with Crippen molar-refractivity contribution in [1.29, 1.82) is 0 Å². The van der Waals surface area contributed by atoms with E-state index in [1.54, 1.807) is 6.20 Å².